The first-order valence-corrected chi connectivity index (χ1v) is 6.74. The third-order valence-corrected chi connectivity index (χ3v) is 3.14. The van der Waals surface area contributed by atoms with Crippen LogP contribution in [0.2, 0.25) is 5.02 Å². The minimum absolute atomic E-state index is 0.0132. The molecule has 22 heavy (non-hydrogen) atoms. The highest BCUT2D eigenvalue weighted by atomic mass is 35.5. The van der Waals surface area contributed by atoms with Gasteiger partial charge in [0.25, 0.3) is 5.91 Å². The third-order valence-electron chi connectivity index (χ3n) is 2.89. The van der Waals surface area contributed by atoms with Crippen LogP contribution in [0.25, 0.3) is 5.69 Å². The van der Waals surface area contributed by atoms with E-state index >= 15 is 0 Å². The van der Waals surface area contributed by atoms with Gasteiger partial charge in [-0.2, -0.15) is 0 Å². The molecule has 0 aliphatic carbocycles. The SMILES string of the molecule is O=C(Nc1ccc(F)cc1)c1ncn(-c2ccc(Cl)cc2)n1. The minimum atomic E-state index is -0.473. The summed E-state index contributed by atoms with van der Waals surface area (Å²) < 4.78 is 14.3. The Hall–Kier alpha value is -2.73. The van der Waals surface area contributed by atoms with E-state index in [9.17, 15) is 9.18 Å². The van der Waals surface area contributed by atoms with Crippen LogP contribution in [-0.2, 0) is 0 Å². The first-order valence-electron chi connectivity index (χ1n) is 6.36. The molecule has 0 saturated heterocycles. The Bertz CT molecular complexity index is 799. The Morgan fingerprint density at radius 1 is 1.09 bits per heavy atom. The lowest BCUT2D eigenvalue weighted by atomic mass is 10.3. The largest absolute Gasteiger partial charge is 0.319 e. The number of carbonyl (C=O) groups excluding carboxylic acids is 1. The summed E-state index contributed by atoms with van der Waals surface area (Å²) in [5.41, 5.74) is 1.20. The fourth-order valence-corrected chi connectivity index (χ4v) is 1.93. The lowest BCUT2D eigenvalue weighted by molar-refractivity contribution is 0.101. The normalized spacial score (nSPS) is 10.5. The number of anilines is 1. The van der Waals surface area contributed by atoms with Crippen molar-refractivity contribution < 1.29 is 9.18 Å². The van der Waals surface area contributed by atoms with Gasteiger partial charge >= 0.3 is 0 Å². The number of carbonyl (C=O) groups is 1. The molecule has 3 aromatic rings. The molecule has 1 aromatic heterocycles. The number of nitrogens with one attached hydrogen (secondary N) is 1. The number of amides is 1. The molecule has 110 valence electrons. The van der Waals surface area contributed by atoms with E-state index < -0.39 is 5.91 Å². The van der Waals surface area contributed by atoms with E-state index in [0.717, 1.165) is 5.69 Å². The highest BCUT2D eigenvalue weighted by Crippen LogP contribution is 2.13. The maximum atomic E-state index is 12.8. The Morgan fingerprint density at radius 2 is 1.77 bits per heavy atom. The van der Waals surface area contributed by atoms with E-state index in [0.29, 0.717) is 10.7 Å². The van der Waals surface area contributed by atoms with Gasteiger partial charge in [0.05, 0.1) is 5.69 Å². The molecule has 3 rings (SSSR count). The van der Waals surface area contributed by atoms with Crippen LogP contribution in [0.1, 0.15) is 10.6 Å². The van der Waals surface area contributed by atoms with E-state index in [1.54, 1.807) is 24.3 Å². The Kier molecular flexibility index (Phi) is 3.84. The van der Waals surface area contributed by atoms with Crippen LogP contribution in [0.5, 0.6) is 0 Å². The van der Waals surface area contributed by atoms with Crippen LogP contribution in [-0.4, -0.2) is 20.7 Å². The summed E-state index contributed by atoms with van der Waals surface area (Å²) in [4.78, 5) is 16.0. The molecule has 0 spiro atoms. The van der Waals surface area contributed by atoms with Gasteiger partial charge in [0.15, 0.2) is 0 Å². The number of hydrogen-bond donors (Lipinski definition) is 1. The average molecular weight is 317 g/mol. The van der Waals surface area contributed by atoms with Crippen LogP contribution in [0.3, 0.4) is 0 Å². The van der Waals surface area contributed by atoms with Crippen molar-refractivity contribution >= 4 is 23.2 Å². The molecular formula is C15H10ClFN4O. The van der Waals surface area contributed by atoms with E-state index in [2.05, 4.69) is 15.4 Å². The maximum Gasteiger partial charge on any atom is 0.295 e. The van der Waals surface area contributed by atoms with Gasteiger partial charge in [0.1, 0.15) is 12.1 Å². The number of hydrogen-bond acceptors (Lipinski definition) is 3. The van der Waals surface area contributed by atoms with Crippen molar-refractivity contribution in [2.45, 2.75) is 0 Å². The molecule has 0 fully saturated rings. The summed E-state index contributed by atoms with van der Waals surface area (Å²) in [6.45, 7) is 0. The van der Waals surface area contributed by atoms with E-state index in [-0.39, 0.29) is 11.6 Å². The number of rotatable bonds is 3. The molecule has 7 heteroatoms. The second-order valence-electron chi connectivity index (χ2n) is 4.45. The summed E-state index contributed by atoms with van der Waals surface area (Å²) >= 11 is 5.82. The van der Waals surface area contributed by atoms with Crippen molar-refractivity contribution in [1.82, 2.24) is 14.8 Å². The highest BCUT2D eigenvalue weighted by molar-refractivity contribution is 6.30. The first kappa shape index (κ1) is 14.2. The number of halogens is 2. The smallest absolute Gasteiger partial charge is 0.295 e. The van der Waals surface area contributed by atoms with Crippen molar-refractivity contribution in [2.75, 3.05) is 5.32 Å². The van der Waals surface area contributed by atoms with Crippen molar-refractivity contribution in [3.63, 3.8) is 0 Å². The second-order valence-corrected chi connectivity index (χ2v) is 4.89. The summed E-state index contributed by atoms with van der Waals surface area (Å²) in [6.07, 6.45) is 1.43. The zero-order valence-corrected chi connectivity index (χ0v) is 12.0. The van der Waals surface area contributed by atoms with Crippen LogP contribution < -0.4 is 5.32 Å². The standard InChI is InChI=1S/C15H10ClFN4O/c16-10-1-7-13(8-2-10)21-9-18-14(20-21)15(22)19-12-5-3-11(17)4-6-12/h1-9H,(H,19,22). The van der Waals surface area contributed by atoms with Gasteiger partial charge in [0, 0.05) is 10.7 Å². The van der Waals surface area contributed by atoms with Gasteiger partial charge in [-0.25, -0.2) is 14.1 Å². The van der Waals surface area contributed by atoms with Crippen LogP contribution in [0, 0.1) is 5.82 Å². The van der Waals surface area contributed by atoms with E-state index in [4.69, 9.17) is 11.6 Å². The van der Waals surface area contributed by atoms with Crippen molar-refractivity contribution in [2.24, 2.45) is 0 Å². The molecule has 5 nitrogen and oxygen atoms in total. The topological polar surface area (TPSA) is 59.8 Å². The quantitative estimate of drug-likeness (QED) is 0.806. The average Bonchev–Trinajstić information content (AvgIpc) is 3.00. The van der Waals surface area contributed by atoms with Crippen LogP contribution in [0.15, 0.2) is 54.9 Å². The van der Waals surface area contributed by atoms with Crippen LogP contribution >= 0.6 is 11.6 Å². The monoisotopic (exact) mass is 316 g/mol. The Labute approximate surface area is 130 Å². The number of benzene rings is 2. The summed E-state index contributed by atoms with van der Waals surface area (Å²) in [5.74, 6) is -0.832. The van der Waals surface area contributed by atoms with Gasteiger partial charge in [-0.3, -0.25) is 4.79 Å². The third kappa shape index (κ3) is 3.12. The zero-order chi connectivity index (χ0) is 15.5. The van der Waals surface area contributed by atoms with Crippen molar-refractivity contribution in [3.05, 3.63) is 71.5 Å². The van der Waals surface area contributed by atoms with Crippen LogP contribution in [0.4, 0.5) is 10.1 Å². The Morgan fingerprint density at radius 3 is 2.45 bits per heavy atom. The Balaban J connectivity index is 1.76. The molecule has 0 saturated carbocycles. The summed E-state index contributed by atoms with van der Waals surface area (Å²) in [5, 5.41) is 7.30. The zero-order valence-electron chi connectivity index (χ0n) is 11.2. The van der Waals surface area contributed by atoms with E-state index in [1.165, 1.54) is 35.3 Å². The van der Waals surface area contributed by atoms with Gasteiger partial charge in [0.2, 0.25) is 5.82 Å². The minimum Gasteiger partial charge on any atom is -0.319 e. The molecule has 0 aliphatic heterocycles. The highest BCUT2D eigenvalue weighted by Gasteiger charge is 2.12. The maximum absolute atomic E-state index is 12.8. The van der Waals surface area contributed by atoms with E-state index in [1.807, 2.05) is 0 Å². The van der Waals surface area contributed by atoms with Gasteiger partial charge in [-0.15, -0.1) is 5.10 Å². The van der Waals surface area contributed by atoms with Crippen molar-refractivity contribution in [3.8, 4) is 5.69 Å². The van der Waals surface area contributed by atoms with Gasteiger partial charge < -0.3 is 5.32 Å². The first-order chi connectivity index (χ1) is 10.6. The molecule has 1 heterocycles. The molecule has 0 bridgehead atoms. The predicted molar refractivity (Wildman–Crippen MR) is 80.7 cm³/mol. The number of aromatic nitrogens is 3. The second kappa shape index (κ2) is 5.95. The van der Waals surface area contributed by atoms with Crippen molar-refractivity contribution in [1.29, 1.82) is 0 Å². The lowest BCUT2D eigenvalue weighted by Crippen LogP contribution is -2.14. The molecule has 0 aliphatic rings. The molecule has 0 unspecified atom stereocenters. The molecule has 0 atom stereocenters. The predicted octanol–water partition coefficient (Wildman–Crippen LogP) is 3.31. The number of nitrogens with zero attached hydrogens (tertiary/aromatic N) is 3. The lowest BCUT2D eigenvalue weighted by Gasteiger charge is -2.02. The fourth-order valence-electron chi connectivity index (χ4n) is 1.81. The molecule has 0 radical (unpaired) electrons. The summed E-state index contributed by atoms with van der Waals surface area (Å²) in [6, 6.07) is 12.4. The molecule has 1 N–H and O–H groups in total. The fraction of sp³-hybridized carbons (Fsp3) is 0. The van der Waals surface area contributed by atoms with Gasteiger partial charge in [-0.05, 0) is 48.5 Å². The molecule has 1 amide bonds. The molecule has 2 aromatic carbocycles. The van der Waals surface area contributed by atoms with Gasteiger partial charge in [-0.1, -0.05) is 11.6 Å². The molecular weight excluding hydrogens is 307 g/mol. The summed E-state index contributed by atoms with van der Waals surface area (Å²) in [7, 11) is 0.